The Kier molecular flexibility index (Phi) is 4.91. The molecule has 148 valence electrons. The number of amides is 1. The maximum absolute atomic E-state index is 13.2. The Balaban J connectivity index is 1.70. The highest BCUT2D eigenvalue weighted by Gasteiger charge is 2.25. The lowest BCUT2D eigenvalue weighted by atomic mass is 9.89. The summed E-state index contributed by atoms with van der Waals surface area (Å²) in [5, 5.41) is 4.99. The second-order valence-corrected chi connectivity index (χ2v) is 9.46. The molecule has 0 fully saturated rings. The highest BCUT2D eigenvalue weighted by Crippen LogP contribution is 2.35. The topological polar surface area (TPSA) is 81.8 Å². The van der Waals surface area contributed by atoms with E-state index < -0.39 is 6.04 Å². The van der Waals surface area contributed by atoms with Gasteiger partial charge in [-0.3, -0.25) is 19.7 Å². The van der Waals surface area contributed by atoms with Gasteiger partial charge in [0.2, 0.25) is 0 Å². The van der Waals surface area contributed by atoms with Gasteiger partial charge in [0.05, 0.1) is 15.6 Å². The van der Waals surface area contributed by atoms with Crippen LogP contribution in [0.15, 0.2) is 15.5 Å². The number of carbonyl (C=O) groups excluding carboxylic acids is 1. The van der Waals surface area contributed by atoms with Crippen molar-refractivity contribution in [2.24, 2.45) is 5.92 Å². The van der Waals surface area contributed by atoms with E-state index in [1.54, 1.807) is 36.1 Å². The quantitative estimate of drug-likeness (QED) is 0.644. The normalized spacial score (nSPS) is 17.5. The first-order valence-electron chi connectivity index (χ1n) is 9.32. The van der Waals surface area contributed by atoms with Crippen LogP contribution in [0.5, 0.6) is 0 Å². The largest absolute Gasteiger partial charge is 0.281 e. The van der Waals surface area contributed by atoms with Gasteiger partial charge in [0.25, 0.3) is 11.5 Å². The molecule has 7 nitrogen and oxygen atoms in total. The molecule has 3 aromatic rings. The molecule has 1 aliphatic rings. The highest BCUT2D eigenvalue weighted by molar-refractivity contribution is 9.10. The zero-order valence-corrected chi connectivity index (χ0v) is 18.6. The monoisotopic (exact) mass is 463 g/mol. The first-order valence-corrected chi connectivity index (χ1v) is 10.9. The number of hydrogen-bond acceptors (Lipinski definition) is 5. The van der Waals surface area contributed by atoms with Crippen molar-refractivity contribution in [3.05, 3.63) is 43.0 Å². The van der Waals surface area contributed by atoms with Crippen molar-refractivity contribution in [1.82, 2.24) is 19.4 Å². The Labute approximate surface area is 174 Å². The molecule has 28 heavy (non-hydrogen) atoms. The number of nitrogens with zero attached hydrogens (tertiary/aromatic N) is 4. The average Bonchev–Trinajstić information content (AvgIpc) is 3.16. The number of fused-ring (bicyclic) bond motifs is 3. The molecule has 0 saturated carbocycles. The van der Waals surface area contributed by atoms with Gasteiger partial charge in [-0.05, 0) is 67.4 Å². The van der Waals surface area contributed by atoms with Gasteiger partial charge >= 0.3 is 0 Å². The van der Waals surface area contributed by atoms with E-state index >= 15 is 0 Å². The first kappa shape index (κ1) is 19.3. The molecule has 0 spiro atoms. The molecular formula is C19H22BrN5O2S. The maximum atomic E-state index is 13.2. The van der Waals surface area contributed by atoms with Gasteiger partial charge in [-0.2, -0.15) is 5.10 Å². The molecule has 0 saturated heterocycles. The van der Waals surface area contributed by atoms with E-state index in [2.05, 4.69) is 38.4 Å². The molecule has 0 radical (unpaired) electrons. The standard InChI is InChI=1S/C19H22BrN5O2S/c1-9-5-6-13-15(7-9)28-18-16(13)19(27)25(12(4)21-18)23-17(26)11(3)24-8-14(20)10(2)22-24/h8-9,11H,5-7H2,1-4H3,(H,23,26)/t9-,11-/m1/s1. The van der Waals surface area contributed by atoms with Crippen molar-refractivity contribution in [1.29, 1.82) is 0 Å². The van der Waals surface area contributed by atoms with Crippen LogP contribution in [0.25, 0.3) is 10.2 Å². The Morgan fingerprint density at radius 3 is 2.86 bits per heavy atom. The summed E-state index contributed by atoms with van der Waals surface area (Å²) in [5.41, 5.74) is 4.44. The van der Waals surface area contributed by atoms with E-state index in [1.165, 1.54) is 9.55 Å². The molecule has 1 N–H and O–H groups in total. The number of rotatable bonds is 3. The number of halogens is 1. The molecule has 3 heterocycles. The summed E-state index contributed by atoms with van der Waals surface area (Å²) in [6, 6.07) is -0.566. The van der Waals surface area contributed by atoms with Crippen LogP contribution in [0.4, 0.5) is 0 Å². The average molecular weight is 464 g/mol. The lowest BCUT2D eigenvalue weighted by Gasteiger charge is -2.18. The smallest absolute Gasteiger partial charge is 0.271 e. The molecule has 0 unspecified atom stereocenters. The number of hydrogen-bond donors (Lipinski definition) is 1. The van der Waals surface area contributed by atoms with Crippen LogP contribution in [-0.4, -0.2) is 25.3 Å². The van der Waals surface area contributed by atoms with Gasteiger partial charge in [-0.15, -0.1) is 11.3 Å². The van der Waals surface area contributed by atoms with Crippen LogP contribution < -0.4 is 11.0 Å². The number of carbonyl (C=O) groups is 1. The summed E-state index contributed by atoms with van der Waals surface area (Å²) in [6.45, 7) is 7.58. The number of thiophene rings is 1. The van der Waals surface area contributed by atoms with Crippen LogP contribution in [0.2, 0.25) is 0 Å². The summed E-state index contributed by atoms with van der Waals surface area (Å²) in [5.74, 6) is 0.780. The Bertz CT molecular complexity index is 1130. The maximum Gasteiger partial charge on any atom is 0.281 e. The zero-order valence-electron chi connectivity index (χ0n) is 16.2. The van der Waals surface area contributed by atoms with Crippen molar-refractivity contribution < 1.29 is 4.79 Å². The van der Waals surface area contributed by atoms with Gasteiger partial charge in [-0.1, -0.05) is 6.92 Å². The second-order valence-electron chi connectivity index (χ2n) is 7.53. The molecule has 0 bridgehead atoms. The predicted octanol–water partition coefficient (Wildman–Crippen LogP) is 3.49. The summed E-state index contributed by atoms with van der Waals surface area (Å²) < 4.78 is 3.69. The van der Waals surface area contributed by atoms with Gasteiger partial charge < -0.3 is 0 Å². The molecule has 2 atom stereocenters. The van der Waals surface area contributed by atoms with Crippen molar-refractivity contribution >= 4 is 43.4 Å². The van der Waals surface area contributed by atoms with E-state index in [0.717, 1.165) is 39.8 Å². The van der Waals surface area contributed by atoms with Gasteiger partial charge in [0.15, 0.2) is 0 Å². The third-order valence-corrected chi connectivity index (χ3v) is 7.28. The molecule has 1 amide bonds. The van der Waals surface area contributed by atoms with Crippen LogP contribution >= 0.6 is 27.3 Å². The zero-order chi connectivity index (χ0) is 20.2. The predicted molar refractivity (Wildman–Crippen MR) is 114 cm³/mol. The highest BCUT2D eigenvalue weighted by atomic mass is 79.9. The van der Waals surface area contributed by atoms with Crippen LogP contribution in [0, 0.1) is 19.8 Å². The third-order valence-electron chi connectivity index (χ3n) is 5.35. The van der Waals surface area contributed by atoms with E-state index in [1.807, 2.05) is 6.92 Å². The molecule has 9 heteroatoms. The lowest BCUT2D eigenvalue weighted by molar-refractivity contribution is -0.120. The molecule has 4 rings (SSSR count). The number of aryl methyl sites for hydroxylation is 3. The molecule has 3 aromatic heterocycles. The third kappa shape index (κ3) is 3.20. The first-order chi connectivity index (χ1) is 13.3. The molecule has 0 aromatic carbocycles. The van der Waals surface area contributed by atoms with Crippen molar-refractivity contribution in [3.8, 4) is 0 Å². The lowest BCUT2D eigenvalue weighted by Crippen LogP contribution is -2.38. The van der Waals surface area contributed by atoms with Gasteiger partial charge in [-0.25, -0.2) is 9.66 Å². The molecular weight excluding hydrogens is 442 g/mol. The van der Waals surface area contributed by atoms with Crippen LogP contribution in [-0.2, 0) is 17.6 Å². The Morgan fingerprint density at radius 2 is 2.18 bits per heavy atom. The van der Waals surface area contributed by atoms with Crippen molar-refractivity contribution in [3.63, 3.8) is 0 Å². The van der Waals surface area contributed by atoms with Crippen LogP contribution in [0.1, 0.15) is 48.3 Å². The van der Waals surface area contributed by atoms with E-state index in [9.17, 15) is 9.59 Å². The Hall–Kier alpha value is -2.00. The van der Waals surface area contributed by atoms with Crippen LogP contribution in [0.3, 0.4) is 0 Å². The fourth-order valence-corrected chi connectivity index (χ4v) is 5.31. The fraction of sp³-hybridized carbons (Fsp3) is 0.474. The molecule has 0 aliphatic heterocycles. The summed E-state index contributed by atoms with van der Waals surface area (Å²) in [6.07, 6.45) is 4.71. The molecule has 1 aliphatic carbocycles. The summed E-state index contributed by atoms with van der Waals surface area (Å²) >= 11 is 5.02. The second kappa shape index (κ2) is 7.11. The van der Waals surface area contributed by atoms with Gasteiger partial charge in [0.1, 0.15) is 16.7 Å². The van der Waals surface area contributed by atoms with E-state index in [-0.39, 0.29) is 11.5 Å². The summed E-state index contributed by atoms with van der Waals surface area (Å²) in [4.78, 5) is 32.6. The summed E-state index contributed by atoms with van der Waals surface area (Å²) in [7, 11) is 0. The SMILES string of the molecule is Cc1nn([C@H](C)C(=O)Nn2c(C)nc3sc4c(c3c2=O)CC[C@@H](C)C4)cc1Br. The Morgan fingerprint density at radius 1 is 1.43 bits per heavy atom. The van der Waals surface area contributed by atoms with E-state index in [0.29, 0.717) is 17.1 Å². The van der Waals surface area contributed by atoms with E-state index in [4.69, 9.17) is 0 Å². The number of nitrogens with one attached hydrogen (secondary N) is 1. The minimum atomic E-state index is -0.566. The number of aromatic nitrogens is 4. The van der Waals surface area contributed by atoms with Crippen molar-refractivity contribution in [2.75, 3.05) is 5.43 Å². The minimum absolute atomic E-state index is 0.201. The minimum Gasteiger partial charge on any atom is -0.271 e. The fourth-order valence-electron chi connectivity index (χ4n) is 3.60. The van der Waals surface area contributed by atoms with Gasteiger partial charge in [0, 0.05) is 11.1 Å². The van der Waals surface area contributed by atoms with Crippen molar-refractivity contribution in [2.45, 2.75) is 53.0 Å².